The van der Waals surface area contributed by atoms with Gasteiger partial charge in [-0.2, -0.15) is 10.2 Å². The number of hydrogen-bond donors (Lipinski definition) is 2. The van der Waals surface area contributed by atoms with Gasteiger partial charge >= 0.3 is 0 Å². The van der Waals surface area contributed by atoms with Gasteiger partial charge in [-0.05, 0) is 26.7 Å². The summed E-state index contributed by atoms with van der Waals surface area (Å²) in [5, 5.41) is 14.8. The van der Waals surface area contributed by atoms with E-state index in [9.17, 15) is 9.59 Å². The molecule has 2 aromatic rings. The predicted molar refractivity (Wildman–Crippen MR) is 105 cm³/mol. The van der Waals surface area contributed by atoms with Crippen molar-refractivity contribution < 1.29 is 9.59 Å². The minimum absolute atomic E-state index is 0.211. The van der Waals surface area contributed by atoms with Crippen molar-refractivity contribution in [2.75, 3.05) is 11.9 Å². The van der Waals surface area contributed by atoms with Crippen LogP contribution in [0, 0.1) is 19.8 Å². The molecule has 2 N–H and O–H groups in total. The van der Waals surface area contributed by atoms with Gasteiger partial charge in [0.05, 0.1) is 28.6 Å². The van der Waals surface area contributed by atoms with E-state index in [1.165, 1.54) is 0 Å². The summed E-state index contributed by atoms with van der Waals surface area (Å²) in [5.74, 6) is -0.184. The Morgan fingerprint density at radius 2 is 1.96 bits per heavy atom. The molecule has 0 saturated heterocycles. The van der Waals surface area contributed by atoms with Crippen LogP contribution in [0.3, 0.4) is 0 Å². The number of aryl methyl sites for hydroxylation is 3. The van der Waals surface area contributed by atoms with Crippen LogP contribution in [-0.4, -0.2) is 37.9 Å². The molecule has 0 fully saturated rings. The Balaban J connectivity index is 2.04. The van der Waals surface area contributed by atoms with Crippen LogP contribution in [0.25, 0.3) is 0 Å². The molecule has 0 aliphatic rings. The van der Waals surface area contributed by atoms with Crippen molar-refractivity contribution in [3.8, 4) is 0 Å². The van der Waals surface area contributed by atoms with E-state index in [-0.39, 0.29) is 23.9 Å². The van der Waals surface area contributed by atoms with Gasteiger partial charge in [0.15, 0.2) is 5.69 Å². The number of nitrogens with one attached hydrogen (secondary N) is 2. The predicted octanol–water partition coefficient (Wildman–Crippen LogP) is 2.78. The van der Waals surface area contributed by atoms with Crippen LogP contribution in [0.15, 0.2) is 6.20 Å². The van der Waals surface area contributed by atoms with E-state index in [4.69, 9.17) is 11.6 Å². The van der Waals surface area contributed by atoms with E-state index in [1.807, 2.05) is 34.6 Å². The van der Waals surface area contributed by atoms with Gasteiger partial charge < -0.3 is 10.6 Å². The minimum atomic E-state index is -0.295. The van der Waals surface area contributed by atoms with Crippen molar-refractivity contribution in [1.82, 2.24) is 24.9 Å². The second-order valence-corrected chi connectivity index (χ2v) is 7.24. The molecule has 0 atom stereocenters. The summed E-state index contributed by atoms with van der Waals surface area (Å²) in [7, 11) is 0. The molecule has 0 radical (unpaired) electrons. The normalized spacial score (nSPS) is 11.1. The maximum atomic E-state index is 12.4. The Morgan fingerprint density at radius 3 is 2.52 bits per heavy atom. The first-order valence-electron chi connectivity index (χ1n) is 9.07. The maximum absolute atomic E-state index is 12.4. The van der Waals surface area contributed by atoms with Crippen molar-refractivity contribution >= 4 is 29.1 Å². The zero-order valence-electron chi connectivity index (χ0n) is 16.5. The monoisotopic (exact) mass is 394 g/mol. The van der Waals surface area contributed by atoms with Gasteiger partial charge in [0.2, 0.25) is 5.91 Å². The van der Waals surface area contributed by atoms with Gasteiger partial charge in [-0.25, -0.2) is 0 Å². The Morgan fingerprint density at radius 1 is 1.26 bits per heavy atom. The fourth-order valence-corrected chi connectivity index (χ4v) is 2.67. The summed E-state index contributed by atoms with van der Waals surface area (Å²) >= 11 is 6.13. The molecule has 2 aromatic heterocycles. The van der Waals surface area contributed by atoms with Gasteiger partial charge in [-0.1, -0.05) is 25.4 Å². The van der Waals surface area contributed by atoms with E-state index >= 15 is 0 Å². The molecule has 0 bridgehead atoms. The molecular weight excluding hydrogens is 368 g/mol. The summed E-state index contributed by atoms with van der Waals surface area (Å²) in [6.07, 6.45) is 1.88. The second kappa shape index (κ2) is 9.03. The van der Waals surface area contributed by atoms with Crippen LogP contribution in [0.2, 0.25) is 5.02 Å². The van der Waals surface area contributed by atoms with Gasteiger partial charge in [0, 0.05) is 25.7 Å². The molecule has 2 amide bonds. The summed E-state index contributed by atoms with van der Waals surface area (Å²) in [6, 6.07) is 0. The van der Waals surface area contributed by atoms with Crippen LogP contribution in [0.5, 0.6) is 0 Å². The Kier molecular flexibility index (Phi) is 7.01. The van der Waals surface area contributed by atoms with Crippen molar-refractivity contribution in [2.24, 2.45) is 5.92 Å². The lowest BCUT2D eigenvalue weighted by molar-refractivity contribution is -0.116. The molecule has 2 heterocycles. The van der Waals surface area contributed by atoms with E-state index < -0.39 is 0 Å². The van der Waals surface area contributed by atoms with E-state index in [0.29, 0.717) is 36.3 Å². The SMILES string of the molecule is CCn1cc(NC(=O)CCn2nc(C)c(Cl)c2C)c(C(=O)NCC(C)C)n1. The third-order valence-electron chi connectivity index (χ3n) is 4.09. The highest BCUT2D eigenvalue weighted by atomic mass is 35.5. The third kappa shape index (κ3) is 5.32. The van der Waals surface area contributed by atoms with Crippen LogP contribution >= 0.6 is 11.6 Å². The Hall–Kier alpha value is -2.35. The fraction of sp³-hybridized carbons (Fsp3) is 0.556. The number of nitrogens with zero attached hydrogens (tertiary/aromatic N) is 4. The largest absolute Gasteiger partial charge is 0.350 e. The van der Waals surface area contributed by atoms with Gasteiger partial charge in [-0.3, -0.25) is 19.0 Å². The zero-order chi connectivity index (χ0) is 20.1. The number of carbonyl (C=O) groups is 2. The summed E-state index contributed by atoms with van der Waals surface area (Å²) < 4.78 is 3.34. The topological polar surface area (TPSA) is 93.8 Å². The number of carbonyl (C=O) groups excluding carboxylic acids is 2. The molecule has 148 valence electrons. The van der Waals surface area contributed by atoms with Crippen LogP contribution in [-0.2, 0) is 17.9 Å². The molecule has 0 aliphatic heterocycles. The van der Waals surface area contributed by atoms with E-state index in [2.05, 4.69) is 20.8 Å². The van der Waals surface area contributed by atoms with Gasteiger partial charge in [-0.15, -0.1) is 0 Å². The summed E-state index contributed by atoms with van der Waals surface area (Å²) in [5.41, 5.74) is 2.20. The Bertz CT molecular complexity index is 824. The molecule has 8 nitrogen and oxygen atoms in total. The molecular formula is C18H27ClN6O2. The number of halogens is 1. The first kappa shape index (κ1) is 21.0. The highest BCUT2D eigenvalue weighted by Gasteiger charge is 2.19. The molecule has 0 spiro atoms. The number of anilines is 1. The van der Waals surface area contributed by atoms with E-state index in [1.54, 1.807) is 15.6 Å². The highest BCUT2D eigenvalue weighted by Crippen LogP contribution is 2.19. The van der Waals surface area contributed by atoms with Crippen molar-refractivity contribution in [3.63, 3.8) is 0 Å². The van der Waals surface area contributed by atoms with Crippen molar-refractivity contribution in [2.45, 2.75) is 54.1 Å². The lowest BCUT2D eigenvalue weighted by atomic mass is 10.2. The molecule has 2 rings (SSSR count). The fourth-order valence-electron chi connectivity index (χ4n) is 2.54. The lowest BCUT2D eigenvalue weighted by Crippen LogP contribution is -2.29. The lowest BCUT2D eigenvalue weighted by Gasteiger charge is -2.08. The maximum Gasteiger partial charge on any atom is 0.273 e. The van der Waals surface area contributed by atoms with Gasteiger partial charge in [0.1, 0.15) is 0 Å². The van der Waals surface area contributed by atoms with Crippen LogP contribution in [0.4, 0.5) is 5.69 Å². The van der Waals surface area contributed by atoms with E-state index in [0.717, 1.165) is 11.4 Å². The average Bonchev–Trinajstić information content (AvgIpc) is 3.14. The number of amides is 2. The van der Waals surface area contributed by atoms with Crippen molar-refractivity contribution in [3.05, 3.63) is 28.3 Å². The smallest absolute Gasteiger partial charge is 0.273 e. The number of rotatable bonds is 8. The molecule has 27 heavy (non-hydrogen) atoms. The average molecular weight is 395 g/mol. The summed E-state index contributed by atoms with van der Waals surface area (Å²) in [4.78, 5) is 24.8. The first-order chi connectivity index (χ1) is 12.7. The van der Waals surface area contributed by atoms with Crippen molar-refractivity contribution in [1.29, 1.82) is 0 Å². The second-order valence-electron chi connectivity index (χ2n) is 6.86. The minimum Gasteiger partial charge on any atom is -0.350 e. The molecule has 0 saturated carbocycles. The van der Waals surface area contributed by atoms with Crippen LogP contribution < -0.4 is 10.6 Å². The Labute approximate surface area is 164 Å². The molecule has 9 heteroatoms. The molecule has 0 aromatic carbocycles. The highest BCUT2D eigenvalue weighted by molar-refractivity contribution is 6.31. The number of hydrogen-bond acceptors (Lipinski definition) is 4. The zero-order valence-corrected chi connectivity index (χ0v) is 17.2. The quantitative estimate of drug-likeness (QED) is 0.719. The van der Waals surface area contributed by atoms with Gasteiger partial charge in [0.25, 0.3) is 5.91 Å². The number of aromatic nitrogens is 4. The third-order valence-corrected chi connectivity index (χ3v) is 4.64. The molecule has 0 unspecified atom stereocenters. The van der Waals surface area contributed by atoms with Crippen LogP contribution in [0.1, 0.15) is 49.1 Å². The molecule has 0 aliphatic carbocycles. The first-order valence-corrected chi connectivity index (χ1v) is 9.45. The standard InChI is InChI=1S/C18H27ClN6O2/c1-6-24-10-14(17(23-24)18(27)20-9-11(2)3)21-15(26)7-8-25-13(5)16(19)12(4)22-25/h10-11H,6-9H2,1-5H3,(H,20,27)(H,21,26). The summed E-state index contributed by atoms with van der Waals surface area (Å²) in [6.45, 7) is 11.2.